The van der Waals surface area contributed by atoms with Crippen molar-refractivity contribution >= 4 is 18.4 Å². The van der Waals surface area contributed by atoms with Gasteiger partial charge in [-0.25, -0.2) is 9.78 Å². The normalized spacial score (nSPS) is 14.0. The zero-order valence-electron chi connectivity index (χ0n) is 7.40. The van der Waals surface area contributed by atoms with Gasteiger partial charge in [-0.05, 0) is 23.6 Å². The van der Waals surface area contributed by atoms with Crippen LogP contribution in [-0.2, 0) is 17.8 Å². The number of ether oxygens (including phenoxy) is 1. The molecule has 5 heteroatoms. The van der Waals surface area contributed by atoms with Crippen LogP contribution in [0.4, 0.5) is 0 Å². The van der Waals surface area contributed by atoms with Crippen LogP contribution in [0, 0.1) is 0 Å². The van der Waals surface area contributed by atoms with Crippen molar-refractivity contribution < 1.29 is 14.6 Å². The number of carboxylic acids is 1. The SMILES string of the molecule is Cl.O=C(O)c1cc2c(cn1)COCC2. The maximum absolute atomic E-state index is 10.6. The minimum Gasteiger partial charge on any atom is -0.477 e. The topological polar surface area (TPSA) is 59.4 Å². The van der Waals surface area contributed by atoms with Gasteiger partial charge < -0.3 is 9.84 Å². The standard InChI is InChI=1S/C9H9NO3.ClH/c11-9(12)8-3-6-1-2-13-5-7(6)4-10-8;/h3-4H,1-2,5H2,(H,11,12);1H. The highest BCUT2D eigenvalue weighted by Gasteiger charge is 2.13. The quantitative estimate of drug-likeness (QED) is 0.767. The second-order valence-electron chi connectivity index (χ2n) is 2.95. The zero-order valence-corrected chi connectivity index (χ0v) is 8.21. The van der Waals surface area contributed by atoms with Gasteiger partial charge in [0, 0.05) is 6.20 Å². The molecule has 0 saturated heterocycles. The summed E-state index contributed by atoms with van der Waals surface area (Å²) in [7, 11) is 0. The molecule has 0 atom stereocenters. The van der Waals surface area contributed by atoms with E-state index in [0.29, 0.717) is 13.2 Å². The van der Waals surface area contributed by atoms with Gasteiger partial charge in [0.25, 0.3) is 0 Å². The molecule has 14 heavy (non-hydrogen) atoms. The number of rotatable bonds is 1. The first-order valence-corrected chi connectivity index (χ1v) is 4.06. The Labute approximate surface area is 87.3 Å². The molecule has 0 fully saturated rings. The van der Waals surface area contributed by atoms with Crippen molar-refractivity contribution in [2.45, 2.75) is 13.0 Å². The highest BCUT2D eigenvalue weighted by atomic mass is 35.5. The van der Waals surface area contributed by atoms with Crippen LogP contribution >= 0.6 is 12.4 Å². The van der Waals surface area contributed by atoms with Crippen LogP contribution in [-0.4, -0.2) is 22.7 Å². The van der Waals surface area contributed by atoms with Crippen molar-refractivity contribution in [1.29, 1.82) is 0 Å². The molecule has 4 nitrogen and oxygen atoms in total. The number of carbonyl (C=O) groups is 1. The predicted octanol–water partition coefficient (Wildman–Crippen LogP) is 1.27. The van der Waals surface area contributed by atoms with Crippen LogP contribution in [0.1, 0.15) is 21.6 Å². The second-order valence-corrected chi connectivity index (χ2v) is 2.95. The van der Waals surface area contributed by atoms with Crippen LogP contribution in [0.3, 0.4) is 0 Å². The number of nitrogens with zero attached hydrogens (tertiary/aromatic N) is 1. The molecule has 0 saturated carbocycles. The first-order chi connectivity index (χ1) is 6.27. The van der Waals surface area contributed by atoms with E-state index in [-0.39, 0.29) is 18.1 Å². The number of aromatic carboxylic acids is 1. The number of pyridine rings is 1. The maximum Gasteiger partial charge on any atom is 0.354 e. The fraction of sp³-hybridized carbons (Fsp3) is 0.333. The maximum atomic E-state index is 10.6. The Balaban J connectivity index is 0.000000980. The summed E-state index contributed by atoms with van der Waals surface area (Å²) in [6.45, 7) is 1.21. The van der Waals surface area contributed by atoms with Crippen molar-refractivity contribution in [3.63, 3.8) is 0 Å². The molecule has 2 rings (SSSR count). The van der Waals surface area contributed by atoms with E-state index in [2.05, 4.69) is 4.98 Å². The number of hydrogen-bond donors (Lipinski definition) is 1. The van der Waals surface area contributed by atoms with Gasteiger partial charge in [0.05, 0.1) is 13.2 Å². The summed E-state index contributed by atoms with van der Waals surface area (Å²) in [6.07, 6.45) is 2.36. The zero-order chi connectivity index (χ0) is 9.26. The summed E-state index contributed by atoms with van der Waals surface area (Å²) < 4.78 is 5.21. The predicted molar refractivity (Wildman–Crippen MR) is 51.8 cm³/mol. The van der Waals surface area contributed by atoms with Gasteiger partial charge in [0.1, 0.15) is 5.69 Å². The van der Waals surface area contributed by atoms with E-state index in [9.17, 15) is 4.79 Å². The molecule has 1 aliphatic rings. The lowest BCUT2D eigenvalue weighted by Crippen LogP contribution is -2.12. The Hall–Kier alpha value is -1.13. The van der Waals surface area contributed by atoms with Gasteiger partial charge in [-0.15, -0.1) is 12.4 Å². The van der Waals surface area contributed by atoms with Gasteiger partial charge >= 0.3 is 5.97 Å². The summed E-state index contributed by atoms with van der Waals surface area (Å²) >= 11 is 0. The fourth-order valence-corrected chi connectivity index (χ4v) is 1.37. The molecule has 1 aromatic rings. The first-order valence-electron chi connectivity index (χ1n) is 4.06. The molecule has 0 bridgehead atoms. The average molecular weight is 216 g/mol. The second kappa shape index (κ2) is 4.39. The molecule has 0 aliphatic carbocycles. The average Bonchev–Trinajstić information content (AvgIpc) is 2.17. The van der Waals surface area contributed by atoms with E-state index in [4.69, 9.17) is 9.84 Å². The van der Waals surface area contributed by atoms with Gasteiger partial charge in [0.15, 0.2) is 0 Å². The summed E-state index contributed by atoms with van der Waals surface area (Å²) in [5.74, 6) is -0.978. The smallest absolute Gasteiger partial charge is 0.354 e. The van der Waals surface area contributed by atoms with Crippen LogP contribution in [0.25, 0.3) is 0 Å². The van der Waals surface area contributed by atoms with Gasteiger partial charge in [-0.3, -0.25) is 0 Å². The highest BCUT2D eigenvalue weighted by molar-refractivity contribution is 5.85. The van der Waals surface area contributed by atoms with E-state index < -0.39 is 5.97 Å². The largest absolute Gasteiger partial charge is 0.477 e. The Kier molecular flexibility index (Phi) is 3.43. The van der Waals surface area contributed by atoms with Crippen LogP contribution in [0.15, 0.2) is 12.3 Å². The van der Waals surface area contributed by atoms with Crippen molar-refractivity contribution in [2.75, 3.05) is 6.61 Å². The molecule has 0 radical (unpaired) electrons. The lowest BCUT2D eigenvalue weighted by atomic mass is 10.1. The molecule has 76 valence electrons. The van der Waals surface area contributed by atoms with Crippen molar-refractivity contribution in [3.05, 3.63) is 29.1 Å². The van der Waals surface area contributed by atoms with Crippen molar-refractivity contribution in [1.82, 2.24) is 4.98 Å². The lowest BCUT2D eigenvalue weighted by molar-refractivity contribution is 0.0689. The highest BCUT2D eigenvalue weighted by Crippen LogP contribution is 2.16. The number of fused-ring (bicyclic) bond motifs is 1. The van der Waals surface area contributed by atoms with Crippen molar-refractivity contribution in [2.24, 2.45) is 0 Å². The van der Waals surface area contributed by atoms with E-state index in [0.717, 1.165) is 17.5 Å². The number of aromatic nitrogens is 1. The molecular formula is C9H10ClNO3. The molecule has 1 aromatic heterocycles. The van der Waals surface area contributed by atoms with Gasteiger partial charge in [-0.2, -0.15) is 0 Å². The fourth-order valence-electron chi connectivity index (χ4n) is 1.37. The van der Waals surface area contributed by atoms with Gasteiger partial charge in [-0.1, -0.05) is 0 Å². The summed E-state index contributed by atoms with van der Waals surface area (Å²) in [6, 6.07) is 1.63. The van der Waals surface area contributed by atoms with Crippen molar-refractivity contribution in [3.8, 4) is 0 Å². The van der Waals surface area contributed by atoms with Crippen LogP contribution < -0.4 is 0 Å². The third kappa shape index (κ3) is 2.02. The molecule has 1 N–H and O–H groups in total. The third-order valence-corrected chi connectivity index (χ3v) is 2.08. The third-order valence-electron chi connectivity index (χ3n) is 2.08. The number of carboxylic acid groups (broad SMARTS) is 1. The molecular weight excluding hydrogens is 206 g/mol. The minimum atomic E-state index is -0.978. The first kappa shape index (κ1) is 10.9. The molecule has 0 aromatic carbocycles. The van der Waals surface area contributed by atoms with Crippen LogP contribution in [0.2, 0.25) is 0 Å². The molecule has 2 heterocycles. The number of hydrogen-bond acceptors (Lipinski definition) is 3. The monoisotopic (exact) mass is 215 g/mol. The Morgan fingerprint density at radius 1 is 1.50 bits per heavy atom. The molecule has 1 aliphatic heterocycles. The Bertz CT molecular complexity index is 354. The summed E-state index contributed by atoms with van der Waals surface area (Å²) in [5, 5.41) is 8.69. The molecule has 0 spiro atoms. The summed E-state index contributed by atoms with van der Waals surface area (Å²) in [5.41, 5.74) is 2.15. The minimum absolute atomic E-state index is 0. The summed E-state index contributed by atoms with van der Waals surface area (Å²) in [4.78, 5) is 14.4. The molecule has 0 unspecified atom stereocenters. The van der Waals surface area contributed by atoms with Gasteiger partial charge in [0.2, 0.25) is 0 Å². The number of halogens is 1. The van der Waals surface area contributed by atoms with E-state index in [1.165, 1.54) is 0 Å². The lowest BCUT2D eigenvalue weighted by Gasteiger charge is -2.15. The Morgan fingerprint density at radius 2 is 2.29 bits per heavy atom. The van der Waals surface area contributed by atoms with E-state index >= 15 is 0 Å². The molecule has 0 amide bonds. The Morgan fingerprint density at radius 3 is 3.00 bits per heavy atom. The van der Waals surface area contributed by atoms with E-state index in [1.807, 2.05) is 0 Å². The van der Waals surface area contributed by atoms with E-state index in [1.54, 1.807) is 12.3 Å². The van der Waals surface area contributed by atoms with Crippen LogP contribution in [0.5, 0.6) is 0 Å².